The van der Waals surface area contributed by atoms with Gasteiger partial charge in [0.15, 0.2) is 0 Å². The maximum Gasteiger partial charge on any atom is 0.306 e. The fraction of sp³-hybridized carbons (Fsp3) is 0.600. The van der Waals surface area contributed by atoms with Crippen LogP contribution in [0, 0.1) is 11.3 Å². The predicted octanol–water partition coefficient (Wildman–Crippen LogP) is 5.08. The molecule has 0 aliphatic heterocycles. The first-order valence-electron chi connectivity index (χ1n) is 8.93. The number of imidazole rings is 1. The standard InChI is InChI=1S/C12H16N2.C8H16O2/c1-11-4-3-5-12(2,8-11)9-14-7-6-13-10-14;1-3-5-6-7(4-2)8(9)10/h3-7,10H,8-9H2,1-2H3;7H,3-6H2,1-2H3,(H,9,10). The summed E-state index contributed by atoms with van der Waals surface area (Å²) < 4.78 is 2.14. The van der Waals surface area contributed by atoms with Gasteiger partial charge in [0.05, 0.1) is 12.2 Å². The molecule has 24 heavy (non-hydrogen) atoms. The summed E-state index contributed by atoms with van der Waals surface area (Å²) in [7, 11) is 0. The maximum absolute atomic E-state index is 10.4. The summed E-state index contributed by atoms with van der Waals surface area (Å²) in [6.07, 6.45) is 17.2. The van der Waals surface area contributed by atoms with Crippen LogP contribution in [-0.4, -0.2) is 20.6 Å². The van der Waals surface area contributed by atoms with Gasteiger partial charge in [-0.3, -0.25) is 4.79 Å². The Kier molecular flexibility index (Phi) is 8.51. The van der Waals surface area contributed by atoms with Gasteiger partial charge in [0.2, 0.25) is 0 Å². The first kappa shape index (κ1) is 20.2. The molecule has 4 heteroatoms. The molecule has 0 saturated heterocycles. The van der Waals surface area contributed by atoms with Crippen LogP contribution >= 0.6 is 0 Å². The smallest absolute Gasteiger partial charge is 0.306 e. The van der Waals surface area contributed by atoms with Crippen molar-refractivity contribution in [3.05, 3.63) is 42.5 Å². The minimum absolute atomic E-state index is 0.111. The van der Waals surface area contributed by atoms with E-state index in [0.29, 0.717) is 0 Å². The topological polar surface area (TPSA) is 55.1 Å². The molecular weight excluding hydrogens is 300 g/mol. The van der Waals surface area contributed by atoms with E-state index in [1.165, 1.54) is 5.57 Å². The third kappa shape index (κ3) is 7.16. The molecule has 0 bridgehead atoms. The number of allylic oxidation sites excluding steroid dienone is 4. The molecule has 1 aromatic heterocycles. The van der Waals surface area contributed by atoms with Gasteiger partial charge in [0.1, 0.15) is 0 Å². The first-order valence-corrected chi connectivity index (χ1v) is 8.93. The zero-order valence-corrected chi connectivity index (χ0v) is 15.5. The van der Waals surface area contributed by atoms with Crippen LogP contribution in [0.5, 0.6) is 0 Å². The third-order valence-electron chi connectivity index (χ3n) is 4.41. The van der Waals surface area contributed by atoms with Crippen molar-refractivity contribution >= 4 is 5.97 Å². The highest BCUT2D eigenvalue weighted by molar-refractivity contribution is 5.69. The molecule has 1 aliphatic rings. The maximum atomic E-state index is 10.4. The summed E-state index contributed by atoms with van der Waals surface area (Å²) in [4.78, 5) is 14.5. The highest BCUT2D eigenvalue weighted by Crippen LogP contribution is 2.32. The lowest BCUT2D eigenvalue weighted by Crippen LogP contribution is -2.22. The van der Waals surface area contributed by atoms with Gasteiger partial charge in [-0.2, -0.15) is 0 Å². The molecule has 0 radical (unpaired) electrons. The monoisotopic (exact) mass is 332 g/mol. The number of aliphatic carboxylic acids is 1. The SMILES string of the molecule is CC1=CC=CC(C)(Cn2ccnc2)C1.CCCCC(CC)C(=O)O. The van der Waals surface area contributed by atoms with Gasteiger partial charge in [-0.1, -0.05) is 57.4 Å². The van der Waals surface area contributed by atoms with Gasteiger partial charge in [-0.15, -0.1) is 0 Å². The highest BCUT2D eigenvalue weighted by atomic mass is 16.4. The molecule has 1 N–H and O–H groups in total. The van der Waals surface area contributed by atoms with Crippen LogP contribution in [0.4, 0.5) is 0 Å². The van der Waals surface area contributed by atoms with E-state index >= 15 is 0 Å². The first-order chi connectivity index (χ1) is 11.4. The summed E-state index contributed by atoms with van der Waals surface area (Å²) >= 11 is 0. The predicted molar refractivity (Wildman–Crippen MR) is 98.8 cm³/mol. The molecule has 0 amide bonds. The summed E-state index contributed by atoms with van der Waals surface area (Å²) in [6, 6.07) is 0. The number of hydrogen-bond donors (Lipinski definition) is 1. The number of rotatable bonds is 7. The van der Waals surface area contributed by atoms with Crippen molar-refractivity contribution in [3.63, 3.8) is 0 Å². The van der Waals surface area contributed by atoms with Gasteiger partial charge in [-0.05, 0) is 26.2 Å². The average Bonchev–Trinajstić information content (AvgIpc) is 3.00. The molecule has 4 nitrogen and oxygen atoms in total. The Morgan fingerprint density at radius 2 is 2.21 bits per heavy atom. The second-order valence-corrected chi connectivity index (χ2v) is 7.02. The quantitative estimate of drug-likeness (QED) is 0.757. The largest absolute Gasteiger partial charge is 0.481 e. The Morgan fingerprint density at radius 1 is 1.46 bits per heavy atom. The van der Waals surface area contributed by atoms with Crippen LogP contribution in [0.15, 0.2) is 42.5 Å². The molecule has 134 valence electrons. The van der Waals surface area contributed by atoms with Gasteiger partial charge in [0, 0.05) is 24.4 Å². The van der Waals surface area contributed by atoms with Crippen LogP contribution in [0.1, 0.15) is 59.8 Å². The lowest BCUT2D eigenvalue weighted by atomic mass is 9.80. The Morgan fingerprint density at radius 3 is 2.71 bits per heavy atom. The molecule has 2 unspecified atom stereocenters. The Bertz CT molecular complexity index is 546. The molecule has 0 saturated carbocycles. The molecular formula is C20H32N2O2. The lowest BCUT2D eigenvalue weighted by molar-refractivity contribution is -0.142. The van der Waals surface area contributed by atoms with Crippen LogP contribution in [0.25, 0.3) is 0 Å². The summed E-state index contributed by atoms with van der Waals surface area (Å²) in [5.41, 5.74) is 1.70. The summed E-state index contributed by atoms with van der Waals surface area (Å²) in [5.74, 6) is -0.754. The number of aromatic nitrogens is 2. The van der Waals surface area contributed by atoms with Crippen LogP contribution in [-0.2, 0) is 11.3 Å². The Balaban J connectivity index is 0.000000257. The minimum Gasteiger partial charge on any atom is -0.481 e. The number of carboxylic acid groups (broad SMARTS) is 1. The molecule has 1 aromatic rings. The van der Waals surface area contributed by atoms with Crippen molar-refractivity contribution in [1.82, 2.24) is 9.55 Å². The third-order valence-corrected chi connectivity index (χ3v) is 4.41. The van der Waals surface area contributed by atoms with Crippen molar-refractivity contribution in [2.45, 2.75) is 66.3 Å². The molecule has 1 aliphatic carbocycles. The number of carboxylic acids is 1. The molecule has 0 spiro atoms. The van der Waals surface area contributed by atoms with Crippen molar-refractivity contribution < 1.29 is 9.90 Å². The fourth-order valence-electron chi connectivity index (χ4n) is 3.06. The van der Waals surface area contributed by atoms with E-state index in [2.05, 4.69) is 48.6 Å². The van der Waals surface area contributed by atoms with E-state index in [-0.39, 0.29) is 11.3 Å². The van der Waals surface area contributed by atoms with Gasteiger partial charge in [-0.25, -0.2) is 4.98 Å². The van der Waals surface area contributed by atoms with E-state index in [4.69, 9.17) is 5.11 Å². The second kappa shape index (κ2) is 10.1. The zero-order chi connectivity index (χ0) is 18.0. The van der Waals surface area contributed by atoms with E-state index in [1.807, 2.05) is 25.6 Å². The van der Waals surface area contributed by atoms with Crippen LogP contribution in [0.3, 0.4) is 0 Å². The number of nitrogens with zero attached hydrogens (tertiary/aromatic N) is 2. The Hall–Kier alpha value is -1.84. The van der Waals surface area contributed by atoms with Crippen molar-refractivity contribution in [2.24, 2.45) is 11.3 Å². The van der Waals surface area contributed by atoms with Gasteiger partial charge < -0.3 is 9.67 Å². The van der Waals surface area contributed by atoms with E-state index in [1.54, 1.807) is 0 Å². The van der Waals surface area contributed by atoms with Crippen molar-refractivity contribution in [3.8, 4) is 0 Å². The van der Waals surface area contributed by atoms with Crippen molar-refractivity contribution in [2.75, 3.05) is 0 Å². The van der Waals surface area contributed by atoms with E-state index < -0.39 is 5.97 Å². The minimum atomic E-state index is -0.643. The average molecular weight is 332 g/mol. The normalized spacial score (nSPS) is 20.8. The van der Waals surface area contributed by atoms with Gasteiger partial charge in [0.25, 0.3) is 0 Å². The molecule has 2 atom stereocenters. The van der Waals surface area contributed by atoms with E-state index in [0.717, 1.165) is 38.6 Å². The molecule has 0 aromatic carbocycles. The molecule has 0 fully saturated rings. The summed E-state index contributed by atoms with van der Waals surface area (Å²) in [5, 5.41) is 8.60. The zero-order valence-electron chi connectivity index (χ0n) is 15.5. The lowest BCUT2D eigenvalue weighted by Gasteiger charge is -2.29. The second-order valence-electron chi connectivity index (χ2n) is 7.02. The van der Waals surface area contributed by atoms with Crippen LogP contribution in [0.2, 0.25) is 0 Å². The number of carbonyl (C=O) groups is 1. The summed E-state index contributed by atoms with van der Waals surface area (Å²) in [6.45, 7) is 9.49. The fourth-order valence-corrected chi connectivity index (χ4v) is 3.06. The molecule has 1 heterocycles. The number of hydrogen-bond acceptors (Lipinski definition) is 2. The molecule has 2 rings (SSSR count). The van der Waals surface area contributed by atoms with Gasteiger partial charge >= 0.3 is 5.97 Å². The number of unbranched alkanes of at least 4 members (excludes halogenated alkanes) is 1. The van der Waals surface area contributed by atoms with Crippen molar-refractivity contribution in [1.29, 1.82) is 0 Å². The van der Waals surface area contributed by atoms with Crippen LogP contribution < -0.4 is 0 Å². The van der Waals surface area contributed by atoms with E-state index in [9.17, 15) is 4.79 Å². The highest BCUT2D eigenvalue weighted by Gasteiger charge is 2.23. The Labute approximate surface area is 146 Å².